The molecule has 1 rings (SSSR count). The molecule has 0 saturated heterocycles. The zero-order valence-corrected chi connectivity index (χ0v) is 9.67. The summed E-state index contributed by atoms with van der Waals surface area (Å²) >= 11 is 1.72. The molecule has 0 fully saturated rings. The maximum atomic E-state index is 10.8. The quantitative estimate of drug-likeness (QED) is 0.827. The first-order valence-corrected chi connectivity index (χ1v) is 6.15. The minimum absolute atomic E-state index is 0.213. The van der Waals surface area contributed by atoms with Crippen molar-refractivity contribution in [1.82, 2.24) is 9.97 Å². The third kappa shape index (κ3) is 3.20. The Labute approximate surface area is 93.1 Å². The smallest absolute Gasteiger partial charge is 0.339 e. The molecule has 4 nitrogen and oxygen atoms in total. The summed E-state index contributed by atoms with van der Waals surface area (Å²) in [6, 6.07) is 0. The van der Waals surface area contributed by atoms with Gasteiger partial charge in [0.1, 0.15) is 5.82 Å². The second kappa shape index (κ2) is 5.70. The Morgan fingerprint density at radius 1 is 1.60 bits per heavy atom. The lowest BCUT2D eigenvalue weighted by Crippen LogP contribution is -2.08. The molecule has 0 aliphatic rings. The highest BCUT2D eigenvalue weighted by atomic mass is 32.2. The molecule has 1 aromatic heterocycles. The summed E-state index contributed by atoms with van der Waals surface area (Å²) in [5, 5.41) is 8.88. The van der Waals surface area contributed by atoms with Gasteiger partial charge in [-0.25, -0.2) is 14.8 Å². The Hall–Kier alpha value is -1.10. The molecule has 0 spiro atoms. The van der Waals surface area contributed by atoms with E-state index < -0.39 is 5.97 Å². The Kier molecular flexibility index (Phi) is 4.55. The van der Waals surface area contributed by atoms with E-state index >= 15 is 0 Å². The van der Waals surface area contributed by atoms with Gasteiger partial charge in [-0.15, -0.1) is 0 Å². The molecular formula is C10H14N2O2S. The molecule has 0 amide bonds. The van der Waals surface area contributed by atoms with E-state index in [1.54, 1.807) is 11.8 Å². The fourth-order valence-electron chi connectivity index (χ4n) is 1.22. The van der Waals surface area contributed by atoms with E-state index in [-0.39, 0.29) is 5.56 Å². The molecule has 15 heavy (non-hydrogen) atoms. The maximum absolute atomic E-state index is 10.8. The highest BCUT2D eigenvalue weighted by Gasteiger charge is 2.11. The van der Waals surface area contributed by atoms with Crippen LogP contribution in [0.2, 0.25) is 0 Å². The van der Waals surface area contributed by atoms with Gasteiger partial charge in [-0.05, 0) is 12.7 Å². The summed E-state index contributed by atoms with van der Waals surface area (Å²) in [5.41, 5.74) is 0.832. The lowest BCUT2D eigenvalue weighted by Gasteiger charge is -2.04. The largest absolute Gasteiger partial charge is 0.478 e. The summed E-state index contributed by atoms with van der Waals surface area (Å²) in [7, 11) is 0. The van der Waals surface area contributed by atoms with Crippen molar-refractivity contribution in [3.8, 4) is 0 Å². The lowest BCUT2D eigenvalue weighted by molar-refractivity contribution is 0.0694. The van der Waals surface area contributed by atoms with Crippen LogP contribution in [0.3, 0.4) is 0 Å². The monoisotopic (exact) mass is 226 g/mol. The molecule has 1 heterocycles. The molecule has 0 aliphatic carbocycles. The summed E-state index contributed by atoms with van der Waals surface area (Å²) in [5.74, 6) is 0.727. The molecule has 0 radical (unpaired) electrons. The number of hydrogen-bond acceptors (Lipinski definition) is 4. The van der Waals surface area contributed by atoms with Crippen molar-refractivity contribution in [2.24, 2.45) is 0 Å². The van der Waals surface area contributed by atoms with Gasteiger partial charge in [0.05, 0.1) is 11.3 Å². The zero-order valence-electron chi connectivity index (χ0n) is 8.86. The second-order valence-electron chi connectivity index (χ2n) is 3.05. The number of hydrogen-bond donors (Lipinski definition) is 1. The lowest BCUT2D eigenvalue weighted by atomic mass is 10.2. The molecular weight excluding hydrogens is 212 g/mol. The first kappa shape index (κ1) is 12.0. The van der Waals surface area contributed by atoms with Crippen LogP contribution < -0.4 is 0 Å². The van der Waals surface area contributed by atoms with E-state index in [0.717, 1.165) is 18.0 Å². The number of carboxylic acids is 1. The van der Waals surface area contributed by atoms with E-state index in [0.29, 0.717) is 12.1 Å². The second-order valence-corrected chi connectivity index (χ2v) is 4.03. The van der Waals surface area contributed by atoms with Crippen molar-refractivity contribution < 1.29 is 9.90 Å². The third-order valence-corrected chi connectivity index (χ3v) is 2.63. The number of aromatic nitrogens is 2. The highest BCUT2D eigenvalue weighted by molar-refractivity contribution is 7.98. The van der Waals surface area contributed by atoms with Gasteiger partial charge >= 0.3 is 5.97 Å². The first-order chi connectivity index (χ1) is 7.19. The van der Waals surface area contributed by atoms with Crippen LogP contribution in [0.4, 0.5) is 0 Å². The molecule has 0 saturated carbocycles. The average Bonchev–Trinajstić information content (AvgIpc) is 2.25. The van der Waals surface area contributed by atoms with Crippen molar-refractivity contribution >= 4 is 17.7 Å². The minimum Gasteiger partial charge on any atom is -0.478 e. The van der Waals surface area contributed by atoms with Crippen LogP contribution in [0.1, 0.15) is 28.8 Å². The van der Waals surface area contributed by atoms with Crippen LogP contribution in [0.25, 0.3) is 0 Å². The van der Waals surface area contributed by atoms with Gasteiger partial charge in [-0.2, -0.15) is 11.8 Å². The topological polar surface area (TPSA) is 63.1 Å². The maximum Gasteiger partial charge on any atom is 0.339 e. The van der Waals surface area contributed by atoms with Crippen LogP contribution >= 0.6 is 11.8 Å². The van der Waals surface area contributed by atoms with E-state index in [1.807, 2.05) is 13.2 Å². The van der Waals surface area contributed by atoms with Gasteiger partial charge in [0.15, 0.2) is 0 Å². The average molecular weight is 226 g/mol. The summed E-state index contributed by atoms with van der Waals surface area (Å²) in [4.78, 5) is 19.1. The van der Waals surface area contributed by atoms with Gasteiger partial charge in [-0.3, -0.25) is 0 Å². The summed E-state index contributed by atoms with van der Waals surface area (Å²) in [6.07, 6.45) is 4.83. The molecule has 5 heteroatoms. The van der Waals surface area contributed by atoms with Crippen LogP contribution in [0.5, 0.6) is 0 Å². The van der Waals surface area contributed by atoms with Crippen molar-refractivity contribution in [2.75, 3.05) is 12.0 Å². The van der Waals surface area contributed by atoms with Gasteiger partial charge in [0, 0.05) is 18.4 Å². The van der Waals surface area contributed by atoms with Crippen molar-refractivity contribution in [2.45, 2.75) is 19.8 Å². The Balaban J connectivity index is 2.92. The molecule has 1 aromatic rings. The van der Waals surface area contributed by atoms with Gasteiger partial charge in [0.25, 0.3) is 0 Å². The fraction of sp³-hybridized carbons (Fsp3) is 0.500. The molecule has 0 aromatic carbocycles. The van der Waals surface area contributed by atoms with E-state index in [1.165, 1.54) is 6.20 Å². The van der Waals surface area contributed by atoms with E-state index in [2.05, 4.69) is 9.97 Å². The SMILES string of the molecule is CCc1nc(CCSC)ncc1C(=O)O. The van der Waals surface area contributed by atoms with Crippen LogP contribution in [0.15, 0.2) is 6.20 Å². The third-order valence-electron chi connectivity index (χ3n) is 2.01. The molecule has 0 atom stereocenters. The standard InChI is InChI=1S/C10H14N2O2S/c1-3-8-7(10(13)14)6-11-9(12-8)4-5-15-2/h6H,3-5H2,1-2H3,(H,13,14). The van der Waals surface area contributed by atoms with Crippen molar-refractivity contribution in [3.05, 3.63) is 23.3 Å². The summed E-state index contributed by atoms with van der Waals surface area (Å²) in [6.45, 7) is 1.90. The minimum atomic E-state index is -0.955. The molecule has 0 aliphatic heterocycles. The number of rotatable bonds is 5. The predicted octanol–water partition coefficient (Wildman–Crippen LogP) is 1.64. The summed E-state index contributed by atoms with van der Waals surface area (Å²) < 4.78 is 0. The Morgan fingerprint density at radius 3 is 2.87 bits per heavy atom. The van der Waals surface area contributed by atoms with Crippen LogP contribution in [0, 0.1) is 0 Å². The normalized spacial score (nSPS) is 10.3. The number of carbonyl (C=O) groups is 1. The van der Waals surface area contributed by atoms with E-state index in [9.17, 15) is 4.79 Å². The highest BCUT2D eigenvalue weighted by Crippen LogP contribution is 2.08. The van der Waals surface area contributed by atoms with Crippen molar-refractivity contribution in [3.63, 3.8) is 0 Å². The molecule has 1 N–H and O–H groups in total. The van der Waals surface area contributed by atoms with Crippen LogP contribution in [-0.2, 0) is 12.8 Å². The Bertz CT molecular complexity index is 355. The number of thioether (sulfide) groups is 1. The zero-order chi connectivity index (χ0) is 11.3. The van der Waals surface area contributed by atoms with Gasteiger partial charge in [-0.1, -0.05) is 6.92 Å². The van der Waals surface area contributed by atoms with Gasteiger partial charge in [0.2, 0.25) is 0 Å². The number of aryl methyl sites for hydroxylation is 2. The molecule has 82 valence electrons. The number of aromatic carboxylic acids is 1. The molecule has 0 unspecified atom stereocenters. The molecule has 0 bridgehead atoms. The number of carboxylic acid groups (broad SMARTS) is 1. The number of nitrogens with zero attached hydrogens (tertiary/aromatic N) is 2. The fourth-order valence-corrected chi connectivity index (χ4v) is 1.61. The Morgan fingerprint density at radius 2 is 2.33 bits per heavy atom. The van der Waals surface area contributed by atoms with E-state index in [4.69, 9.17) is 5.11 Å². The van der Waals surface area contributed by atoms with Crippen molar-refractivity contribution in [1.29, 1.82) is 0 Å². The van der Waals surface area contributed by atoms with Gasteiger partial charge < -0.3 is 5.11 Å². The predicted molar refractivity (Wildman–Crippen MR) is 60.5 cm³/mol. The van der Waals surface area contributed by atoms with Crippen LogP contribution in [-0.4, -0.2) is 33.1 Å². The first-order valence-electron chi connectivity index (χ1n) is 4.76.